The van der Waals surface area contributed by atoms with Crippen LogP contribution in [0.25, 0.3) is 0 Å². The SMILES string of the molecule is CC(C)(C)Sc1cc(C(=O)N2CC3CCC(N)C3C2)ccn1. The molecule has 3 rings (SSSR count). The van der Waals surface area contributed by atoms with Gasteiger partial charge in [0.2, 0.25) is 0 Å². The number of rotatable bonds is 2. The fraction of sp³-hybridized carbons (Fsp3) is 0.647. The molecule has 0 radical (unpaired) electrons. The van der Waals surface area contributed by atoms with E-state index in [2.05, 4.69) is 25.8 Å². The van der Waals surface area contributed by atoms with Gasteiger partial charge in [0.1, 0.15) is 0 Å². The summed E-state index contributed by atoms with van der Waals surface area (Å²) in [7, 11) is 0. The zero-order valence-electron chi connectivity index (χ0n) is 13.6. The van der Waals surface area contributed by atoms with Crippen LogP contribution in [0, 0.1) is 11.8 Å². The minimum atomic E-state index is 0.0894. The molecule has 4 nitrogen and oxygen atoms in total. The molecule has 1 aliphatic carbocycles. The maximum Gasteiger partial charge on any atom is 0.254 e. The van der Waals surface area contributed by atoms with E-state index < -0.39 is 0 Å². The summed E-state index contributed by atoms with van der Waals surface area (Å²) in [6.07, 6.45) is 4.01. The molecule has 2 aliphatic rings. The summed E-state index contributed by atoms with van der Waals surface area (Å²) in [5.74, 6) is 1.22. The van der Waals surface area contributed by atoms with Gasteiger partial charge < -0.3 is 10.6 Å². The molecule has 3 atom stereocenters. The molecule has 1 aromatic rings. The number of fused-ring (bicyclic) bond motifs is 1. The number of likely N-dealkylation sites (tertiary alicyclic amines) is 1. The largest absolute Gasteiger partial charge is 0.338 e. The first-order chi connectivity index (χ1) is 10.3. The summed E-state index contributed by atoms with van der Waals surface area (Å²) in [5.41, 5.74) is 6.91. The van der Waals surface area contributed by atoms with E-state index in [-0.39, 0.29) is 16.7 Å². The topological polar surface area (TPSA) is 59.2 Å². The molecule has 0 aromatic carbocycles. The number of hydrogen-bond acceptors (Lipinski definition) is 4. The standard InChI is InChI=1S/C17H25N3OS/c1-17(2,3)22-15-8-11(6-7-19-15)16(21)20-9-12-4-5-14(18)13(12)10-20/h6-8,12-14H,4-5,9-10,18H2,1-3H3. The van der Waals surface area contributed by atoms with Crippen LogP contribution in [-0.4, -0.2) is 39.7 Å². The Bertz CT molecular complexity index is 569. The lowest BCUT2D eigenvalue weighted by molar-refractivity contribution is 0.0779. The molecule has 0 bridgehead atoms. The lowest BCUT2D eigenvalue weighted by Crippen LogP contribution is -2.33. The molecular weight excluding hydrogens is 294 g/mol. The highest BCUT2D eigenvalue weighted by Crippen LogP contribution is 2.38. The van der Waals surface area contributed by atoms with Crippen LogP contribution in [0.4, 0.5) is 0 Å². The fourth-order valence-electron chi connectivity index (χ4n) is 3.57. The summed E-state index contributed by atoms with van der Waals surface area (Å²) >= 11 is 1.69. The van der Waals surface area contributed by atoms with Crippen LogP contribution < -0.4 is 5.73 Å². The van der Waals surface area contributed by atoms with Gasteiger partial charge in [0.15, 0.2) is 0 Å². The van der Waals surface area contributed by atoms with E-state index in [0.29, 0.717) is 11.8 Å². The molecule has 120 valence electrons. The third kappa shape index (κ3) is 3.30. The molecule has 1 saturated heterocycles. The van der Waals surface area contributed by atoms with Crippen LogP contribution in [0.5, 0.6) is 0 Å². The molecule has 1 amide bonds. The third-order valence-electron chi connectivity index (χ3n) is 4.59. The van der Waals surface area contributed by atoms with Gasteiger partial charge in [-0.05, 0) is 36.8 Å². The monoisotopic (exact) mass is 319 g/mol. The van der Waals surface area contributed by atoms with Gasteiger partial charge in [0.05, 0.1) is 5.03 Å². The second-order valence-electron chi connectivity index (χ2n) is 7.47. The van der Waals surface area contributed by atoms with Crippen molar-refractivity contribution >= 4 is 17.7 Å². The number of nitrogens with two attached hydrogens (primary N) is 1. The van der Waals surface area contributed by atoms with Crippen molar-refractivity contribution in [2.24, 2.45) is 17.6 Å². The van der Waals surface area contributed by atoms with Gasteiger partial charge in [-0.1, -0.05) is 20.8 Å². The van der Waals surface area contributed by atoms with Gasteiger partial charge in [-0.25, -0.2) is 4.98 Å². The average Bonchev–Trinajstić information content (AvgIpc) is 2.99. The molecule has 1 saturated carbocycles. The number of thioether (sulfide) groups is 1. The highest BCUT2D eigenvalue weighted by Gasteiger charge is 2.42. The predicted molar refractivity (Wildman–Crippen MR) is 89.9 cm³/mol. The van der Waals surface area contributed by atoms with E-state index in [4.69, 9.17) is 5.73 Å². The van der Waals surface area contributed by atoms with E-state index in [1.165, 1.54) is 0 Å². The number of amides is 1. The predicted octanol–water partition coefficient (Wildman–Crippen LogP) is 2.78. The highest BCUT2D eigenvalue weighted by molar-refractivity contribution is 8.00. The van der Waals surface area contributed by atoms with Gasteiger partial charge in [-0.3, -0.25) is 4.79 Å². The molecule has 2 N–H and O–H groups in total. The summed E-state index contributed by atoms with van der Waals surface area (Å²) in [5, 5.41) is 0.912. The minimum Gasteiger partial charge on any atom is -0.338 e. The quantitative estimate of drug-likeness (QED) is 0.852. The van der Waals surface area contributed by atoms with Crippen molar-refractivity contribution in [3.8, 4) is 0 Å². The summed E-state index contributed by atoms with van der Waals surface area (Å²) in [6.45, 7) is 8.13. The normalized spacial score (nSPS) is 28.0. The molecule has 3 unspecified atom stereocenters. The van der Waals surface area contributed by atoms with E-state index in [9.17, 15) is 4.79 Å². The van der Waals surface area contributed by atoms with Gasteiger partial charge in [0.25, 0.3) is 5.91 Å². The molecule has 5 heteroatoms. The van der Waals surface area contributed by atoms with Gasteiger partial charge >= 0.3 is 0 Å². The lowest BCUT2D eigenvalue weighted by atomic mass is 9.98. The molecule has 22 heavy (non-hydrogen) atoms. The maximum atomic E-state index is 12.8. The van der Waals surface area contributed by atoms with E-state index in [0.717, 1.165) is 36.5 Å². The average molecular weight is 319 g/mol. The van der Waals surface area contributed by atoms with Crippen molar-refractivity contribution < 1.29 is 4.79 Å². The Balaban J connectivity index is 1.72. The number of hydrogen-bond donors (Lipinski definition) is 1. The maximum absolute atomic E-state index is 12.8. The highest BCUT2D eigenvalue weighted by atomic mass is 32.2. The first kappa shape index (κ1) is 15.8. The smallest absolute Gasteiger partial charge is 0.254 e. The van der Waals surface area contributed by atoms with Crippen molar-refractivity contribution in [2.75, 3.05) is 13.1 Å². The Labute approximate surface area is 136 Å². The molecule has 1 aromatic heterocycles. The van der Waals surface area contributed by atoms with Crippen LogP contribution in [0.2, 0.25) is 0 Å². The second-order valence-corrected chi connectivity index (χ2v) is 9.32. The lowest BCUT2D eigenvalue weighted by Gasteiger charge is -2.20. The van der Waals surface area contributed by atoms with Crippen LogP contribution in [0.1, 0.15) is 44.0 Å². The van der Waals surface area contributed by atoms with Crippen LogP contribution in [0.3, 0.4) is 0 Å². The zero-order chi connectivity index (χ0) is 15.9. The summed E-state index contributed by atoms with van der Waals surface area (Å²) in [4.78, 5) is 19.1. The van der Waals surface area contributed by atoms with Gasteiger partial charge in [-0.2, -0.15) is 0 Å². The molecular formula is C17H25N3OS. The second kappa shape index (κ2) is 5.85. The van der Waals surface area contributed by atoms with Crippen molar-refractivity contribution in [1.29, 1.82) is 0 Å². The van der Waals surface area contributed by atoms with E-state index >= 15 is 0 Å². The first-order valence-electron chi connectivity index (χ1n) is 8.03. The van der Waals surface area contributed by atoms with E-state index in [1.807, 2.05) is 17.0 Å². The van der Waals surface area contributed by atoms with Crippen molar-refractivity contribution in [3.05, 3.63) is 23.9 Å². The number of carbonyl (C=O) groups excluding carboxylic acids is 1. The Hall–Kier alpha value is -1.07. The Morgan fingerprint density at radius 3 is 2.82 bits per heavy atom. The van der Waals surface area contributed by atoms with Crippen LogP contribution >= 0.6 is 11.8 Å². The summed E-state index contributed by atoms with van der Waals surface area (Å²) in [6, 6.07) is 4.02. The summed E-state index contributed by atoms with van der Waals surface area (Å²) < 4.78 is 0.0894. The Morgan fingerprint density at radius 2 is 2.14 bits per heavy atom. The van der Waals surface area contributed by atoms with E-state index in [1.54, 1.807) is 18.0 Å². The van der Waals surface area contributed by atoms with Crippen LogP contribution in [-0.2, 0) is 0 Å². The third-order valence-corrected chi connectivity index (χ3v) is 5.64. The zero-order valence-corrected chi connectivity index (χ0v) is 14.4. The van der Waals surface area contributed by atoms with Gasteiger partial charge in [-0.15, -0.1) is 11.8 Å². The van der Waals surface area contributed by atoms with Crippen molar-refractivity contribution in [1.82, 2.24) is 9.88 Å². The van der Waals surface area contributed by atoms with Crippen LogP contribution in [0.15, 0.2) is 23.4 Å². The number of aromatic nitrogens is 1. The van der Waals surface area contributed by atoms with Gasteiger partial charge in [0, 0.05) is 35.6 Å². The number of nitrogens with zero attached hydrogens (tertiary/aromatic N) is 2. The molecule has 2 fully saturated rings. The van der Waals surface area contributed by atoms with Crippen molar-refractivity contribution in [2.45, 2.75) is 49.4 Å². The molecule has 1 aliphatic heterocycles. The first-order valence-corrected chi connectivity index (χ1v) is 8.85. The Kier molecular flexibility index (Phi) is 4.21. The minimum absolute atomic E-state index is 0.0894. The fourth-order valence-corrected chi connectivity index (χ4v) is 4.49. The Morgan fingerprint density at radius 1 is 1.36 bits per heavy atom. The number of pyridine rings is 1. The molecule has 2 heterocycles. The van der Waals surface area contributed by atoms with Crippen molar-refractivity contribution in [3.63, 3.8) is 0 Å². The number of carbonyl (C=O) groups is 1. The molecule has 0 spiro atoms.